The Morgan fingerprint density at radius 3 is 1.93 bits per heavy atom. The first-order valence-electron chi connectivity index (χ1n) is 5.06. The van der Waals surface area contributed by atoms with Crippen molar-refractivity contribution in [2.75, 3.05) is 14.2 Å². The van der Waals surface area contributed by atoms with E-state index in [9.17, 15) is 0 Å². The van der Waals surface area contributed by atoms with Gasteiger partial charge in [-0.25, -0.2) is 0 Å². The van der Waals surface area contributed by atoms with Crippen LogP contribution in [-0.4, -0.2) is 14.2 Å². The van der Waals surface area contributed by atoms with E-state index in [-0.39, 0.29) is 5.54 Å². The molecule has 0 aliphatic heterocycles. The molecular weight excluding hydrogens is 190 g/mol. The Balaban J connectivity index is 3.18. The Morgan fingerprint density at radius 2 is 1.60 bits per heavy atom. The monoisotopic (exact) mass is 209 g/mol. The summed E-state index contributed by atoms with van der Waals surface area (Å²) in [5.41, 5.74) is 6.86. The quantitative estimate of drug-likeness (QED) is 0.827. The summed E-state index contributed by atoms with van der Waals surface area (Å²) in [6, 6.07) is 5.74. The van der Waals surface area contributed by atoms with Gasteiger partial charge in [-0.2, -0.15) is 0 Å². The van der Waals surface area contributed by atoms with E-state index in [2.05, 4.69) is 6.92 Å². The molecular formula is C12H19NO2. The van der Waals surface area contributed by atoms with Gasteiger partial charge in [0, 0.05) is 11.6 Å². The summed E-state index contributed by atoms with van der Waals surface area (Å²) in [4.78, 5) is 0. The number of benzene rings is 1. The van der Waals surface area contributed by atoms with Crippen molar-refractivity contribution < 1.29 is 9.47 Å². The molecule has 3 nitrogen and oxygen atoms in total. The molecule has 1 aromatic carbocycles. The molecule has 2 N–H and O–H groups in total. The van der Waals surface area contributed by atoms with Crippen LogP contribution in [0.3, 0.4) is 0 Å². The molecule has 0 spiro atoms. The number of hydrogen-bond acceptors (Lipinski definition) is 3. The van der Waals surface area contributed by atoms with Gasteiger partial charge < -0.3 is 15.2 Å². The molecule has 1 atom stereocenters. The first kappa shape index (κ1) is 11.9. The van der Waals surface area contributed by atoms with Crippen molar-refractivity contribution in [2.24, 2.45) is 5.73 Å². The van der Waals surface area contributed by atoms with Crippen LogP contribution in [0.25, 0.3) is 0 Å². The Bertz CT molecular complexity index is 312. The smallest absolute Gasteiger partial charge is 0.122 e. The van der Waals surface area contributed by atoms with Gasteiger partial charge in [0.1, 0.15) is 11.5 Å². The van der Waals surface area contributed by atoms with Gasteiger partial charge in [0.15, 0.2) is 0 Å². The van der Waals surface area contributed by atoms with Crippen LogP contribution < -0.4 is 15.2 Å². The number of nitrogens with two attached hydrogens (primary N) is 1. The van der Waals surface area contributed by atoms with Crippen LogP contribution in [0, 0.1) is 0 Å². The zero-order valence-corrected chi connectivity index (χ0v) is 9.83. The molecule has 0 saturated carbocycles. The Morgan fingerprint density at radius 1 is 1.13 bits per heavy atom. The van der Waals surface area contributed by atoms with Gasteiger partial charge in [0.05, 0.1) is 14.2 Å². The summed E-state index contributed by atoms with van der Waals surface area (Å²) in [5.74, 6) is 1.55. The highest BCUT2D eigenvalue weighted by Crippen LogP contribution is 2.29. The SMILES string of the molecule is CCC(C)(N)c1cc(OC)cc(OC)c1. The summed E-state index contributed by atoms with van der Waals surface area (Å²) in [6.45, 7) is 4.06. The van der Waals surface area contributed by atoms with Crippen molar-refractivity contribution in [3.63, 3.8) is 0 Å². The fraction of sp³-hybridized carbons (Fsp3) is 0.500. The van der Waals surface area contributed by atoms with E-state index in [1.54, 1.807) is 14.2 Å². The number of ether oxygens (including phenoxy) is 2. The van der Waals surface area contributed by atoms with Crippen LogP contribution in [-0.2, 0) is 5.54 Å². The molecule has 0 saturated heterocycles. The van der Waals surface area contributed by atoms with Crippen molar-refractivity contribution >= 4 is 0 Å². The molecule has 0 aliphatic carbocycles. The van der Waals surface area contributed by atoms with Gasteiger partial charge in [-0.15, -0.1) is 0 Å². The average Bonchev–Trinajstić information content (AvgIpc) is 2.28. The van der Waals surface area contributed by atoms with Crippen LogP contribution >= 0.6 is 0 Å². The van der Waals surface area contributed by atoms with E-state index in [0.717, 1.165) is 23.5 Å². The van der Waals surface area contributed by atoms with Crippen molar-refractivity contribution in [1.82, 2.24) is 0 Å². The fourth-order valence-corrected chi connectivity index (χ4v) is 1.34. The first-order valence-corrected chi connectivity index (χ1v) is 5.06. The molecule has 84 valence electrons. The highest BCUT2D eigenvalue weighted by molar-refractivity contribution is 5.41. The maximum absolute atomic E-state index is 6.17. The van der Waals surface area contributed by atoms with Gasteiger partial charge in [0.25, 0.3) is 0 Å². The molecule has 1 unspecified atom stereocenters. The van der Waals surface area contributed by atoms with E-state index in [0.29, 0.717) is 0 Å². The average molecular weight is 209 g/mol. The molecule has 1 aromatic rings. The number of rotatable bonds is 4. The van der Waals surface area contributed by atoms with Gasteiger partial charge >= 0.3 is 0 Å². The molecule has 15 heavy (non-hydrogen) atoms. The topological polar surface area (TPSA) is 44.5 Å². The van der Waals surface area contributed by atoms with Crippen LogP contribution in [0.2, 0.25) is 0 Å². The summed E-state index contributed by atoms with van der Waals surface area (Å²) in [5, 5.41) is 0. The zero-order chi connectivity index (χ0) is 11.5. The minimum absolute atomic E-state index is 0.345. The van der Waals surface area contributed by atoms with Crippen molar-refractivity contribution in [1.29, 1.82) is 0 Å². The molecule has 3 heteroatoms. The highest BCUT2D eigenvalue weighted by Gasteiger charge is 2.20. The third kappa shape index (κ3) is 2.63. The molecule has 0 fully saturated rings. The van der Waals surface area contributed by atoms with Crippen molar-refractivity contribution in [3.8, 4) is 11.5 Å². The second kappa shape index (κ2) is 4.53. The minimum atomic E-state index is -0.345. The summed E-state index contributed by atoms with van der Waals surface area (Å²) in [7, 11) is 3.27. The van der Waals surface area contributed by atoms with Crippen LogP contribution in [0.5, 0.6) is 11.5 Å². The Hall–Kier alpha value is -1.22. The van der Waals surface area contributed by atoms with Gasteiger partial charge in [0.2, 0.25) is 0 Å². The lowest BCUT2D eigenvalue weighted by Crippen LogP contribution is -2.31. The summed E-state index contributed by atoms with van der Waals surface area (Å²) >= 11 is 0. The van der Waals surface area contributed by atoms with E-state index in [1.807, 2.05) is 25.1 Å². The third-order valence-electron chi connectivity index (χ3n) is 2.75. The van der Waals surface area contributed by atoms with E-state index < -0.39 is 0 Å². The predicted molar refractivity (Wildman–Crippen MR) is 61.4 cm³/mol. The van der Waals surface area contributed by atoms with Crippen molar-refractivity contribution in [2.45, 2.75) is 25.8 Å². The third-order valence-corrected chi connectivity index (χ3v) is 2.75. The molecule has 0 radical (unpaired) electrons. The van der Waals surface area contributed by atoms with Gasteiger partial charge in [-0.1, -0.05) is 6.92 Å². The molecule has 0 aliphatic rings. The number of methoxy groups -OCH3 is 2. The molecule has 0 amide bonds. The highest BCUT2D eigenvalue weighted by atomic mass is 16.5. The minimum Gasteiger partial charge on any atom is -0.497 e. The summed E-state index contributed by atoms with van der Waals surface area (Å²) < 4.78 is 10.4. The fourth-order valence-electron chi connectivity index (χ4n) is 1.34. The lowest BCUT2D eigenvalue weighted by atomic mass is 9.90. The second-order valence-corrected chi connectivity index (χ2v) is 3.87. The van der Waals surface area contributed by atoms with E-state index in [1.165, 1.54) is 0 Å². The Kier molecular flexibility index (Phi) is 3.58. The van der Waals surface area contributed by atoms with Crippen molar-refractivity contribution in [3.05, 3.63) is 23.8 Å². The second-order valence-electron chi connectivity index (χ2n) is 3.87. The molecule has 1 rings (SSSR count). The first-order chi connectivity index (χ1) is 7.03. The maximum atomic E-state index is 6.17. The van der Waals surface area contributed by atoms with Crippen LogP contribution in [0.15, 0.2) is 18.2 Å². The number of hydrogen-bond donors (Lipinski definition) is 1. The molecule has 0 aromatic heterocycles. The largest absolute Gasteiger partial charge is 0.497 e. The van der Waals surface area contributed by atoms with E-state index in [4.69, 9.17) is 15.2 Å². The molecule has 0 bridgehead atoms. The summed E-state index contributed by atoms with van der Waals surface area (Å²) in [6.07, 6.45) is 0.864. The maximum Gasteiger partial charge on any atom is 0.122 e. The predicted octanol–water partition coefficient (Wildman–Crippen LogP) is 2.29. The standard InChI is InChI=1S/C12H19NO2/c1-5-12(2,13)9-6-10(14-3)8-11(7-9)15-4/h6-8H,5,13H2,1-4H3. The Labute approximate surface area is 91.2 Å². The zero-order valence-electron chi connectivity index (χ0n) is 9.83. The van der Waals surface area contributed by atoms with Gasteiger partial charge in [-0.05, 0) is 31.0 Å². The van der Waals surface area contributed by atoms with Gasteiger partial charge in [-0.3, -0.25) is 0 Å². The lowest BCUT2D eigenvalue weighted by Gasteiger charge is -2.24. The molecule has 0 heterocycles. The lowest BCUT2D eigenvalue weighted by molar-refractivity contribution is 0.387. The van der Waals surface area contributed by atoms with Crippen LogP contribution in [0.1, 0.15) is 25.8 Å². The van der Waals surface area contributed by atoms with E-state index >= 15 is 0 Å². The van der Waals surface area contributed by atoms with Crippen LogP contribution in [0.4, 0.5) is 0 Å². The normalized spacial score (nSPS) is 14.5.